The number of hydrogen-bond donors (Lipinski definition) is 2. The minimum absolute atomic E-state index is 0.0168. The molecule has 1 amide bonds. The van der Waals surface area contributed by atoms with Crippen LogP contribution in [0.25, 0.3) is 10.2 Å². The molecule has 5 nitrogen and oxygen atoms in total. The van der Waals surface area contributed by atoms with Gasteiger partial charge >= 0.3 is 0 Å². The average molecular weight is 278 g/mol. The van der Waals surface area contributed by atoms with E-state index in [9.17, 15) is 4.79 Å². The Balaban J connectivity index is 2.22. The van der Waals surface area contributed by atoms with E-state index in [-0.39, 0.29) is 5.91 Å². The van der Waals surface area contributed by atoms with Gasteiger partial charge in [-0.3, -0.25) is 4.79 Å². The highest BCUT2D eigenvalue weighted by atomic mass is 32.1. The fraction of sp³-hybridized carbons (Fsp3) is 0.385. The van der Waals surface area contributed by atoms with Crippen molar-refractivity contribution in [3.05, 3.63) is 18.2 Å². The zero-order chi connectivity index (χ0) is 13.8. The van der Waals surface area contributed by atoms with E-state index in [4.69, 9.17) is 5.73 Å². The van der Waals surface area contributed by atoms with Crippen molar-refractivity contribution in [2.75, 3.05) is 30.3 Å². The Hall–Kier alpha value is -1.82. The van der Waals surface area contributed by atoms with Crippen LogP contribution in [0.3, 0.4) is 0 Å². The fourth-order valence-electron chi connectivity index (χ4n) is 1.81. The third-order valence-electron chi connectivity index (χ3n) is 2.76. The summed E-state index contributed by atoms with van der Waals surface area (Å²) in [5, 5.41) is 3.66. The van der Waals surface area contributed by atoms with Crippen LogP contribution < -0.4 is 16.0 Å². The number of fused-ring (bicyclic) bond motifs is 1. The maximum absolute atomic E-state index is 11.7. The zero-order valence-corrected chi connectivity index (χ0v) is 12.0. The summed E-state index contributed by atoms with van der Waals surface area (Å²) in [6, 6.07) is 5.66. The second kappa shape index (κ2) is 5.88. The van der Waals surface area contributed by atoms with Gasteiger partial charge in [-0.1, -0.05) is 11.3 Å². The van der Waals surface area contributed by atoms with Crippen molar-refractivity contribution in [3.63, 3.8) is 0 Å². The molecule has 6 heteroatoms. The summed E-state index contributed by atoms with van der Waals surface area (Å²) >= 11 is 1.56. The molecule has 1 aromatic carbocycles. The lowest BCUT2D eigenvalue weighted by molar-refractivity contribution is -0.119. The van der Waals surface area contributed by atoms with Gasteiger partial charge in [-0.15, -0.1) is 0 Å². The molecule has 3 N–H and O–H groups in total. The first kappa shape index (κ1) is 13.6. The Morgan fingerprint density at radius 3 is 2.95 bits per heavy atom. The van der Waals surface area contributed by atoms with Crippen LogP contribution in [0.2, 0.25) is 0 Å². The van der Waals surface area contributed by atoms with Crippen molar-refractivity contribution >= 4 is 38.3 Å². The van der Waals surface area contributed by atoms with Crippen molar-refractivity contribution in [1.29, 1.82) is 0 Å². The van der Waals surface area contributed by atoms with Gasteiger partial charge in [0.1, 0.15) is 0 Å². The van der Waals surface area contributed by atoms with Crippen LogP contribution in [0, 0.1) is 0 Å². The molecular formula is C13H18N4OS. The molecule has 102 valence electrons. The van der Waals surface area contributed by atoms with Crippen LogP contribution in [0.4, 0.5) is 10.8 Å². The molecule has 19 heavy (non-hydrogen) atoms. The van der Waals surface area contributed by atoms with Crippen LogP contribution in [0.15, 0.2) is 18.2 Å². The molecule has 1 aromatic heterocycles. The molecule has 0 bridgehead atoms. The van der Waals surface area contributed by atoms with Crippen molar-refractivity contribution in [3.8, 4) is 0 Å². The second-order valence-electron chi connectivity index (χ2n) is 4.19. The summed E-state index contributed by atoms with van der Waals surface area (Å²) in [4.78, 5) is 18.2. The highest BCUT2D eigenvalue weighted by Gasteiger charge is 2.13. The Morgan fingerprint density at radius 2 is 2.26 bits per heavy atom. The third kappa shape index (κ3) is 3.14. The SMILES string of the molecule is CCNC(=O)CN(CC)c1nc2ccc(N)cc2s1. The highest BCUT2D eigenvalue weighted by Crippen LogP contribution is 2.29. The molecule has 0 unspecified atom stereocenters. The van der Waals surface area contributed by atoms with Gasteiger partial charge < -0.3 is 16.0 Å². The topological polar surface area (TPSA) is 71.2 Å². The smallest absolute Gasteiger partial charge is 0.239 e. The van der Waals surface area contributed by atoms with Crippen LogP contribution >= 0.6 is 11.3 Å². The first-order valence-corrected chi connectivity index (χ1v) is 7.13. The summed E-state index contributed by atoms with van der Waals surface area (Å²) < 4.78 is 1.05. The molecule has 1 heterocycles. The number of nitrogen functional groups attached to an aromatic ring is 1. The maximum atomic E-state index is 11.7. The number of nitrogens with two attached hydrogens (primary N) is 1. The van der Waals surface area contributed by atoms with E-state index in [1.807, 2.05) is 36.9 Å². The van der Waals surface area contributed by atoms with Gasteiger partial charge in [0.25, 0.3) is 0 Å². The van der Waals surface area contributed by atoms with Crippen molar-refractivity contribution in [2.24, 2.45) is 0 Å². The minimum Gasteiger partial charge on any atom is -0.399 e. The van der Waals surface area contributed by atoms with Crippen LogP contribution in [0.1, 0.15) is 13.8 Å². The Labute approximate surface area is 116 Å². The molecule has 0 spiro atoms. The monoisotopic (exact) mass is 278 g/mol. The first-order chi connectivity index (χ1) is 9.13. The fourth-order valence-corrected chi connectivity index (χ4v) is 2.88. The number of benzene rings is 1. The summed E-state index contributed by atoms with van der Waals surface area (Å²) in [6.45, 7) is 5.65. The number of aromatic nitrogens is 1. The molecule has 2 rings (SSSR count). The standard InChI is InChI=1S/C13H18N4OS/c1-3-15-12(18)8-17(4-2)13-16-10-6-5-9(14)7-11(10)19-13/h5-7H,3-4,8,14H2,1-2H3,(H,15,18). The van der Waals surface area contributed by atoms with Crippen LogP contribution in [-0.2, 0) is 4.79 Å². The number of likely N-dealkylation sites (N-methyl/N-ethyl adjacent to an activating group) is 2. The summed E-state index contributed by atoms with van der Waals surface area (Å²) in [6.07, 6.45) is 0. The lowest BCUT2D eigenvalue weighted by Crippen LogP contribution is -2.37. The Bertz CT molecular complexity index is 581. The summed E-state index contributed by atoms with van der Waals surface area (Å²) in [5.41, 5.74) is 7.41. The molecule has 0 fully saturated rings. The molecule has 0 aliphatic heterocycles. The Morgan fingerprint density at radius 1 is 1.47 bits per heavy atom. The van der Waals surface area contributed by atoms with E-state index in [1.165, 1.54) is 0 Å². The number of hydrogen-bond acceptors (Lipinski definition) is 5. The summed E-state index contributed by atoms with van der Waals surface area (Å²) in [5.74, 6) is 0.0168. The van der Waals surface area contributed by atoms with Crippen LogP contribution in [0.5, 0.6) is 0 Å². The van der Waals surface area contributed by atoms with Gasteiger partial charge in [0, 0.05) is 18.8 Å². The lowest BCUT2D eigenvalue weighted by Gasteiger charge is -2.18. The van der Waals surface area contributed by atoms with Gasteiger partial charge in [0.05, 0.1) is 16.8 Å². The average Bonchev–Trinajstić information content (AvgIpc) is 2.78. The predicted molar refractivity (Wildman–Crippen MR) is 80.6 cm³/mol. The molecular weight excluding hydrogens is 260 g/mol. The number of nitrogens with zero attached hydrogens (tertiary/aromatic N) is 2. The Kier molecular flexibility index (Phi) is 4.21. The number of thiazole rings is 1. The van der Waals surface area contributed by atoms with E-state index in [2.05, 4.69) is 10.3 Å². The quantitative estimate of drug-likeness (QED) is 0.819. The van der Waals surface area contributed by atoms with E-state index in [1.54, 1.807) is 11.3 Å². The number of anilines is 2. The first-order valence-electron chi connectivity index (χ1n) is 6.31. The van der Waals surface area contributed by atoms with E-state index >= 15 is 0 Å². The predicted octanol–water partition coefficient (Wildman–Crippen LogP) is 1.84. The molecule has 0 aliphatic rings. The summed E-state index contributed by atoms with van der Waals surface area (Å²) in [7, 11) is 0. The number of rotatable bonds is 5. The lowest BCUT2D eigenvalue weighted by atomic mass is 10.3. The van der Waals surface area contributed by atoms with Gasteiger partial charge in [0.15, 0.2) is 5.13 Å². The number of nitrogens with one attached hydrogen (secondary N) is 1. The highest BCUT2D eigenvalue weighted by molar-refractivity contribution is 7.22. The van der Waals surface area contributed by atoms with Gasteiger partial charge in [-0.25, -0.2) is 4.98 Å². The number of carbonyl (C=O) groups excluding carboxylic acids is 1. The third-order valence-corrected chi connectivity index (χ3v) is 3.84. The van der Waals surface area contributed by atoms with E-state index in [0.717, 1.165) is 27.6 Å². The maximum Gasteiger partial charge on any atom is 0.239 e. The number of amides is 1. The largest absolute Gasteiger partial charge is 0.399 e. The molecule has 2 aromatic rings. The normalized spacial score (nSPS) is 10.6. The van der Waals surface area contributed by atoms with Crippen molar-refractivity contribution in [2.45, 2.75) is 13.8 Å². The molecule has 0 saturated heterocycles. The zero-order valence-electron chi connectivity index (χ0n) is 11.1. The molecule has 0 radical (unpaired) electrons. The van der Waals surface area contributed by atoms with Crippen LogP contribution in [-0.4, -0.2) is 30.5 Å². The van der Waals surface area contributed by atoms with Gasteiger partial charge in [0.2, 0.25) is 5.91 Å². The van der Waals surface area contributed by atoms with Gasteiger partial charge in [-0.2, -0.15) is 0 Å². The second-order valence-corrected chi connectivity index (χ2v) is 5.20. The van der Waals surface area contributed by atoms with Crippen molar-refractivity contribution < 1.29 is 4.79 Å². The van der Waals surface area contributed by atoms with E-state index < -0.39 is 0 Å². The van der Waals surface area contributed by atoms with E-state index in [0.29, 0.717) is 13.1 Å². The molecule has 0 saturated carbocycles. The van der Waals surface area contributed by atoms with Crippen molar-refractivity contribution in [1.82, 2.24) is 10.3 Å². The number of carbonyl (C=O) groups is 1. The molecule has 0 atom stereocenters. The van der Waals surface area contributed by atoms with Gasteiger partial charge in [-0.05, 0) is 32.0 Å². The molecule has 0 aliphatic carbocycles. The minimum atomic E-state index is 0.0168.